The Balaban J connectivity index is 1.57. The van der Waals surface area contributed by atoms with E-state index in [1.54, 1.807) is 23.3 Å². The van der Waals surface area contributed by atoms with Gasteiger partial charge in [0.25, 0.3) is 0 Å². The van der Waals surface area contributed by atoms with E-state index in [1.807, 2.05) is 36.4 Å². The van der Waals surface area contributed by atoms with Crippen LogP contribution in [0.25, 0.3) is 5.69 Å². The van der Waals surface area contributed by atoms with Crippen molar-refractivity contribution in [2.45, 2.75) is 6.54 Å². The zero-order valence-corrected chi connectivity index (χ0v) is 12.5. The Morgan fingerprint density at radius 1 is 1.09 bits per heavy atom. The lowest BCUT2D eigenvalue weighted by molar-refractivity contribution is 0.196. The highest BCUT2D eigenvalue weighted by atomic mass is 16.5. The summed E-state index contributed by atoms with van der Waals surface area (Å²) in [5.41, 5.74) is 2.61. The van der Waals surface area contributed by atoms with Crippen molar-refractivity contribution >= 4 is 5.69 Å². The molecule has 0 aliphatic carbocycles. The minimum absolute atomic E-state index is 0.0290. The van der Waals surface area contributed by atoms with E-state index in [4.69, 9.17) is 9.84 Å². The predicted octanol–water partition coefficient (Wildman–Crippen LogP) is 1.65. The lowest BCUT2D eigenvalue weighted by Gasteiger charge is -2.06. The van der Waals surface area contributed by atoms with Gasteiger partial charge in [-0.05, 0) is 18.2 Å². The van der Waals surface area contributed by atoms with Crippen molar-refractivity contribution in [2.24, 2.45) is 0 Å². The molecule has 0 atom stereocenters. The summed E-state index contributed by atoms with van der Waals surface area (Å²) in [4.78, 5) is 5.74. The maximum Gasteiger partial charge on any atom is 0.213 e. The minimum atomic E-state index is -0.0290. The molecule has 3 rings (SSSR count). The van der Waals surface area contributed by atoms with Crippen molar-refractivity contribution in [1.29, 1.82) is 0 Å². The number of para-hydroxylation sites is 1. The lowest BCUT2D eigenvalue weighted by Crippen LogP contribution is -2.04. The van der Waals surface area contributed by atoms with Crippen LogP contribution < -0.4 is 10.1 Å². The Bertz CT molecular complexity index is 728. The van der Waals surface area contributed by atoms with Crippen molar-refractivity contribution in [1.82, 2.24) is 20.0 Å². The summed E-state index contributed by atoms with van der Waals surface area (Å²) >= 11 is 0. The van der Waals surface area contributed by atoms with E-state index >= 15 is 0 Å². The SMILES string of the molecule is OCCOc1ccc(NCc2cnn(-c3ccccc3)n2)cn1. The van der Waals surface area contributed by atoms with Gasteiger partial charge >= 0.3 is 0 Å². The van der Waals surface area contributed by atoms with E-state index < -0.39 is 0 Å². The maximum atomic E-state index is 8.70. The highest BCUT2D eigenvalue weighted by Gasteiger charge is 2.03. The summed E-state index contributed by atoms with van der Waals surface area (Å²) in [5.74, 6) is 0.486. The fourth-order valence-electron chi connectivity index (χ4n) is 1.97. The van der Waals surface area contributed by atoms with Gasteiger partial charge < -0.3 is 15.2 Å². The van der Waals surface area contributed by atoms with Crippen LogP contribution in [0.3, 0.4) is 0 Å². The number of nitrogens with one attached hydrogen (secondary N) is 1. The van der Waals surface area contributed by atoms with Crippen LogP contribution >= 0.6 is 0 Å². The molecule has 7 nitrogen and oxygen atoms in total. The Labute approximate surface area is 133 Å². The van der Waals surface area contributed by atoms with E-state index in [-0.39, 0.29) is 13.2 Å². The smallest absolute Gasteiger partial charge is 0.213 e. The van der Waals surface area contributed by atoms with Crippen LogP contribution in [-0.4, -0.2) is 38.3 Å². The normalized spacial score (nSPS) is 10.5. The second-order valence-electron chi connectivity index (χ2n) is 4.77. The van der Waals surface area contributed by atoms with Crippen molar-refractivity contribution in [3.63, 3.8) is 0 Å². The van der Waals surface area contributed by atoms with Crippen molar-refractivity contribution < 1.29 is 9.84 Å². The summed E-state index contributed by atoms with van der Waals surface area (Å²) in [5, 5.41) is 20.6. The first-order valence-electron chi connectivity index (χ1n) is 7.25. The molecule has 1 aromatic carbocycles. The zero-order chi connectivity index (χ0) is 15.9. The molecule has 0 fully saturated rings. The Morgan fingerprint density at radius 3 is 2.70 bits per heavy atom. The molecule has 0 aliphatic rings. The highest BCUT2D eigenvalue weighted by molar-refractivity contribution is 5.42. The van der Waals surface area contributed by atoms with Crippen LogP contribution in [-0.2, 0) is 6.54 Å². The van der Waals surface area contributed by atoms with Crippen molar-refractivity contribution in [3.8, 4) is 11.6 Å². The number of benzene rings is 1. The maximum absolute atomic E-state index is 8.70. The number of ether oxygens (including phenoxy) is 1. The molecule has 0 spiro atoms. The Morgan fingerprint density at radius 2 is 1.96 bits per heavy atom. The number of hydrogen-bond donors (Lipinski definition) is 2. The zero-order valence-electron chi connectivity index (χ0n) is 12.5. The first kappa shape index (κ1) is 15.0. The number of aromatic nitrogens is 4. The summed E-state index contributed by atoms with van der Waals surface area (Å²) < 4.78 is 5.21. The molecular weight excluding hydrogens is 294 g/mol. The predicted molar refractivity (Wildman–Crippen MR) is 85.5 cm³/mol. The van der Waals surface area contributed by atoms with E-state index in [0.29, 0.717) is 12.4 Å². The molecule has 0 radical (unpaired) electrons. The standard InChI is InChI=1S/C16H17N5O2/c22-8-9-23-16-7-6-13(10-18-16)17-11-14-12-19-21(20-14)15-4-2-1-3-5-15/h1-7,10,12,17,22H,8-9,11H2. The number of nitrogens with zero attached hydrogens (tertiary/aromatic N) is 4. The molecule has 0 saturated heterocycles. The van der Waals surface area contributed by atoms with Crippen LogP contribution in [0, 0.1) is 0 Å². The first-order valence-corrected chi connectivity index (χ1v) is 7.25. The number of pyridine rings is 1. The quantitative estimate of drug-likeness (QED) is 0.690. The van der Waals surface area contributed by atoms with Crippen LogP contribution in [0.4, 0.5) is 5.69 Å². The molecule has 2 aromatic heterocycles. The van der Waals surface area contributed by atoms with Gasteiger partial charge in [0.15, 0.2) is 0 Å². The van der Waals surface area contributed by atoms with Gasteiger partial charge in [-0.25, -0.2) is 4.98 Å². The molecule has 0 unspecified atom stereocenters. The minimum Gasteiger partial charge on any atom is -0.475 e. The van der Waals surface area contributed by atoms with Crippen molar-refractivity contribution in [3.05, 3.63) is 60.6 Å². The average molecular weight is 311 g/mol. The Kier molecular flexibility index (Phi) is 4.80. The molecule has 2 N–H and O–H groups in total. The number of rotatable bonds is 7. The van der Waals surface area contributed by atoms with E-state index in [1.165, 1.54) is 0 Å². The number of anilines is 1. The molecule has 118 valence electrons. The van der Waals surface area contributed by atoms with Crippen molar-refractivity contribution in [2.75, 3.05) is 18.5 Å². The van der Waals surface area contributed by atoms with Gasteiger partial charge in [0.1, 0.15) is 12.3 Å². The van der Waals surface area contributed by atoms with Gasteiger partial charge in [0, 0.05) is 6.07 Å². The first-order chi connectivity index (χ1) is 11.3. The number of aliphatic hydroxyl groups is 1. The third-order valence-electron chi connectivity index (χ3n) is 3.08. The molecule has 2 heterocycles. The van der Waals surface area contributed by atoms with Crippen LogP contribution in [0.15, 0.2) is 54.9 Å². The molecule has 7 heteroatoms. The molecule has 0 aliphatic heterocycles. The number of aliphatic hydroxyl groups excluding tert-OH is 1. The fourth-order valence-corrected chi connectivity index (χ4v) is 1.97. The van der Waals surface area contributed by atoms with Gasteiger partial charge in [-0.3, -0.25) is 0 Å². The summed E-state index contributed by atoms with van der Waals surface area (Å²) in [6, 6.07) is 13.4. The molecule has 0 saturated carbocycles. The van der Waals surface area contributed by atoms with Gasteiger partial charge in [0.2, 0.25) is 5.88 Å². The van der Waals surface area contributed by atoms with Gasteiger partial charge in [0.05, 0.1) is 36.9 Å². The second kappa shape index (κ2) is 7.37. The lowest BCUT2D eigenvalue weighted by atomic mass is 10.3. The fraction of sp³-hybridized carbons (Fsp3) is 0.188. The summed E-state index contributed by atoms with van der Waals surface area (Å²) in [7, 11) is 0. The molecule has 0 amide bonds. The van der Waals surface area contributed by atoms with Gasteiger partial charge in [-0.1, -0.05) is 18.2 Å². The highest BCUT2D eigenvalue weighted by Crippen LogP contribution is 2.12. The monoisotopic (exact) mass is 311 g/mol. The molecular formula is C16H17N5O2. The van der Waals surface area contributed by atoms with Gasteiger partial charge in [-0.15, -0.1) is 0 Å². The third kappa shape index (κ3) is 4.04. The second-order valence-corrected chi connectivity index (χ2v) is 4.77. The number of hydrogen-bond acceptors (Lipinski definition) is 6. The third-order valence-corrected chi connectivity index (χ3v) is 3.08. The van der Waals surface area contributed by atoms with Crippen LogP contribution in [0.1, 0.15) is 5.69 Å². The average Bonchev–Trinajstić information content (AvgIpc) is 3.09. The summed E-state index contributed by atoms with van der Waals surface area (Å²) in [6.45, 7) is 0.756. The van der Waals surface area contributed by atoms with Crippen LogP contribution in [0.2, 0.25) is 0 Å². The van der Waals surface area contributed by atoms with E-state index in [0.717, 1.165) is 17.1 Å². The van der Waals surface area contributed by atoms with Gasteiger partial charge in [-0.2, -0.15) is 15.0 Å². The molecule has 0 bridgehead atoms. The largest absolute Gasteiger partial charge is 0.475 e. The molecule has 23 heavy (non-hydrogen) atoms. The Hall–Kier alpha value is -2.93. The molecule has 3 aromatic rings. The van der Waals surface area contributed by atoms with E-state index in [9.17, 15) is 0 Å². The van der Waals surface area contributed by atoms with Crippen LogP contribution in [0.5, 0.6) is 5.88 Å². The topological polar surface area (TPSA) is 85.1 Å². The van der Waals surface area contributed by atoms with E-state index in [2.05, 4.69) is 20.5 Å². The summed E-state index contributed by atoms with van der Waals surface area (Å²) in [6.07, 6.45) is 3.40.